The van der Waals surface area contributed by atoms with Crippen molar-refractivity contribution in [2.45, 2.75) is 48.4 Å². The Morgan fingerprint density at radius 3 is 2.60 bits per heavy atom. The lowest BCUT2D eigenvalue weighted by atomic mass is 9.96. The number of aliphatic carboxylic acids is 2. The minimum absolute atomic E-state index is 0.0579. The summed E-state index contributed by atoms with van der Waals surface area (Å²) in [4.78, 5) is 66.2. The molecule has 2 amide bonds. The van der Waals surface area contributed by atoms with Crippen LogP contribution in [0.1, 0.15) is 41.5 Å². The van der Waals surface area contributed by atoms with Crippen molar-refractivity contribution < 1.29 is 49.1 Å². The number of hydrogen-bond acceptors (Lipinski definition) is 16. The van der Waals surface area contributed by atoms with Crippen molar-refractivity contribution in [2.24, 2.45) is 5.16 Å². The second-order valence-corrected chi connectivity index (χ2v) is 14.2. The van der Waals surface area contributed by atoms with Crippen LogP contribution in [0.25, 0.3) is 0 Å². The Balaban J connectivity index is 1.20. The van der Waals surface area contributed by atoms with Crippen LogP contribution in [0.15, 0.2) is 45.2 Å². The molecule has 3 atom stereocenters. The second-order valence-electron chi connectivity index (χ2n) is 11.3. The number of nitrogen functional groups attached to an aromatic ring is 3. The first-order valence-corrected chi connectivity index (χ1v) is 17.8. The molecule has 0 spiro atoms. The number of amides is 2. The molecule has 3 aromatic rings. The number of β-lactam (4-membered cyclic amide) rings is 1. The summed E-state index contributed by atoms with van der Waals surface area (Å²) in [5.41, 5.74) is 13.3. The number of phenols is 2. The van der Waals surface area contributed by atoms with Crippen molar-refractivity contribution >= 4 is 75.3 Å². The molecule has 4 heterocycles. The maximum absolute atomic E-state index is 13.5. The molecule has 3 aliphatic rings. The van der Waals surface area contributed by atoms with Crippen LogP contribution >= 0.6 is 34.9 Å². The normalized spacial score (nSPS) is 19.2. The number of anilines is 2. The number of carboxylic acid groups (broad SMARTS) is 2. The van der Waals surface area contributed by atoms with Gasteiger partial charge >= 0.3 is 17.1 Å². The van der Waals surface area contributed by atoms with Gasteiger partial charge in [-0.15, -0.1) is 27.8 Å². The number of aromatic nitrogens is 3. The number of aromatic hydroxyl groups is 2. The van der Waals surface area contributed by atoms with Gasteiger partial charge in [0.05, 0.1) is 5.56 Å². The van der Waals surface area contributed by atoms with Gasteiger partial charge in [0, 0.05) is 28.9 Å². The van der Waals surface area contributed by atoms with E-state index in [-0.39, 0.29) is 33.6 Å². The Hall–Kier alpha value is -5.28. The van der Waals surface area contributed by atoms with Crippen molar-refractivity contribution in [3.05, 3.63) is 57.4 Å². The Labute approximate surface area is 295 Å². The minimum Gasteiger partial charge on any atom is -0.504 e. The number of nitrogens with zero attached hydrogens (tertiary/aromatic N) is 5. The average Bonchev–Trinajstić information content (AvgIpc) is 3.52. The molecule has 50 heavy (non-hydrogen) atoms. The number of thioether (sulfide) groups is 2. The third kappa shape index (κ3) is 6.53. The number of fused-ring (bicyclic) bond motifs is 2. The topological polar surface area (TPSA) is 294 Å². The van der Waals surface area contributed by atoms with E-state index >= 15 is 0 Å². The highest BCUT2D eigenvalue weighted by Gasteiger charge is 2.54. The molecule has 2 aliphatic heterocycles. The van der Waals surface area contributed by atoms with E-state index in [0.717, 1.165) is 65.3 Å². The van der Waals surface area contributed by atoms with Gasteiger partial charge < -0.3 is 42.0 Å². The number of hydrogen-bond donors (Lipinski definition) is 8. The maximum atomic E-state index is 13.5. The fourth-order valence-electron chi connectivity index (χ4n) is 5.69. The fourth-order valence-corrected chi connectivity index (χ4v) is 8.66. The molecule has 0 saturated carbocycles. The molecule has 0 radical (unpaired) electrons. The van der Waals surface area contributed by atoms with Crippen LogP contribution in [0.2, 0.25) is 0 Å². The lowest BCUT2D eigenvalue weighted by Crippen LogP contribution is -2.71. The summed E-state index contributed by atoms with van der Waals surface area (Å²) in [6, 6.07) is 2.02. The summed E-state index contributed by atoms with van der Waals surface area (Å²) in [6.45, 7) is 0. The van der Waals surface area contributed by atoms with Gasteiger partial charge in [-0.2, -0.15) is 0 Å². The summed E-state index contributed by atoms with van der Waals surface area (Å²) in [5.74, 6) is 1.49. The molecule has 1 fully saturated rings. The van der Waals surface area contributed by atoms with Crippen LogP contribution in [-0.4, -0.2) is 87.7 Å². The third-order valence-corrected chi connectivity index (χ3v) is 11.2. The average molecular weight is 745 g/mol. The first-order valence-electron chi connectivity index (χ1n) is 14.9. The van der Waals surface area contributed by atoms with Crippen molar-refractivity contribution in [2.75, 3.05) is 28.8 Å². The number of nitrogens with one attached hydrogen (secondary N) is 1. The molecule has 1 saturated heterocycles. The van der Waals surface area contributed by atoms with E-state index in [1.54, 1.807) is 0 Å². The van der Waals surface area contributed by atoms with Crippen LogP contribution in [0.4, 0.5) is 10.9 Å². The molecule has 2 aromatic heterocycles. The largest absolute Gasteiger partial charge is 0.504 e. The third-order valence-electron chi connectivity index (χ3n) is 8.13. The Bertz CT molecular complexity index is 1990. The maximum Gasteiger partial charge on any atom is 0.385 e. The number of benzene rings is 1. The number of rotatable bonds is 11. The molecule has 1 aromatic carbocycles. The highest BCUT2D eigenvalue weighted by molar-refractivity contribution is 8.01. The van der Waals surface area contributed by atoms with Gasteiger partial charge in [-0.1, -0.05) is 11.2 Å². The highest BCUT2D eigenvalue weighted by atomic mass is 32.2. The predicted molar refractivity (Wildman–Crippen MR) is 180 cm³/mol. The van der Waals surface area contributed by atoms with Crippen molar-refractivity contribution in [1.82, 2.24) is 20.2 Å². The van der Waals surface area contributed by atoms with Gasteiger partial charge in [-0.3, -0.25) is 20.3 Å². The molecular formula is C29H30N9O9S3+. The quantitative estimate of drug-likeness (QED) is 0.0188. The molecular weight excluding hydrogens is 715 g/mol. The van der Waals surface area contributed by atoms with Crippen molar-refractivity contribution in [1.29, 1.82) is 0 Å². The zero-order valence-corrected chi connectivity index (χ0v) is 28.3. The molecule has 18 nitrogen and oxygen atoms in total. The van der Waals surface area contributed by atoms with Crippen LogP contribution in [0.5, 0.6) is 11.5 Å². The van der Waals surface area contributed by atoms with Crippen molar-refractivity contribution in [3.8, 4) is 11.5 Å². The molecule has 6 rings (SSSR count). The first kappa shape index (κ1) is 34.6. The number of thiazole rings is 1. The summed E-state index contributed by atoms with van der Waals surface area (Å²) < 4.78 is 1.49. The van der Waals surface area contributed by atoms with E-state index in [1.807, 2.05) is 0 Å². The SMILES string of the molecule is Nc1nc(/C(=N/O[C@H](C(=O)O)c2ccc(O)c(O)c2)C(=O)N[C@@H]2C(=O)N3C(C(=O)O)=C(CSc4nc(N)c5c([n+]4N)CCCC5)CS[C@H]23)cs1. The standard InChI is InChI=1S/C29H29N9O9S3/c30-22-13-3-1-2-4-15(13)38(32)29(35-22)50-9-12-8-48-25-19(24(42)37(25)20(12)26(43)44)34-23(41)18(14-10-49-28(31)33-14)36-47-21(27(45)46)11-5-6-16(39)17(40)7-11/h5-7,10,19,21,25,30H,1-4,8-9,32H2,(H7,31,33,34,36,39,40,41,43,44,45,46)/p+1/t19-,21+,25-/m1/s1. The molecule has 0 unspecified atom stereocenters. The van der Waals surface area contributed by atoms with E-state index in [4.69, 9.17) is 22.1 Å². The number of carbonyl (C=O) groups is 4. The Morgan fingerprint density at radius 1 is 1.16 bits per heavy atom. The molecule has 262 valence electrons. The number of phenolic OH excluding ortho intramolecular Hbond substituents is 2. The smallest absolute Gasteiger partial charge is 0.385 e. The fraction of sp³-hybridized carbons (Fsp3) is 0.310. The van der Waals surface area contributed by atoms with Gasteiger partial charge in [-0.05, 0) is 53.7 Å². The van der Waals surface area contributed by atoms with Crippen LogP contribution in [0, 0.1) is 0 Å². The molecule has 21 heteroatoms. The second kappa shape index (κ2) is 13.9. The minimum atomic E-state index is -1.82. The summed E-state index contributed by atoms with van der Waals surface area (Å²) in [7, 11) is 0. The van der Waals surface area contributed by atoms with Gasteiger partial charge in [0.15, 0.2) is 22.3 Å². The summed E-state index contributed by atoms with van der Waals surface area (Å²) in [5, 5.41) is 46.7. The number of oxime groups is 1. The monoisotopic (exact) mass is 744 g/mol. The number of carboxylic acids is 2. The van der Waals surface area contributed by atoms with E-state index in [0.29, 0.717) is 16.5 Å². The van der Waals surface area contributed by atoms with Gasteiger partial charge in [0.2, 0.25) is 11.9 Å². The van der Waals surface area contributed by atoms with Gasteiger partial charge in [0.1, 0.15) is 28.5 Å². The van der Waals surface area contributed by atoms with Crippen LogP contribution in [0.3, 0.4) is 0 Å². The van der Waals surface area contributed by atoms with Crippen LogP contribution in [-0.2, 0) is 36.9 Å². The summed E-state index contributed by atoms with van der Waals surface area (Å²) in [6.07, 6.45) is 1.66. The van der Waals surface area contributed by atoms with Crippen molar-refractivity contribution in [3.63, 3.8) is 0 Å². The predicted octanol–water partition coefficient (Wildman–Crippen LogP) is 0.0713. The molecule has 11 N–H and O–H groups in total. The molecule has 1 aliphatic carbocycles. The Kier molecular flexibility index (Phi) is 9.62. The van der Waals surface area contributed by atoms with E-state index < -0.39 is 58.5 Å². The zero-order valence-electron chi connectivity index (χ0n) is 25.8. The lowest BCUT2D eigenvalue weighted by molar-refractivity contribution is -0.690. The van der Waals surface area contributed by atoms with E-state index in [2.05, 4.69) is 20.4 Å². The lowest BCUT2D eigenvalue weighted by Gasteiger charge is -2.49. The van der Waals surface area contributed by atoms with Crippen LogP contribution < -0.4 is 27.3 Å². The zero-order chi connectivity index (χ0) is 35.9. The van der Waals surface area contributed by atoms with E-state index in [1.165, 1.54) is 39.6 Å². The first-order chi connectivity index (χ1) is 23.8. The van der Waals surface area contributed by atoms with Gasteiger partial charge in [0.25, 0.3) is 11.8 Å². The van der Waals surface area contributed by atoms with E-state index in [9.17, 15) is 39.6 Å². The highest BCUT2D eigenvalue weighted by Crippen LogP contribution is 2.41. The Morgan fingerprint density at radius 2 is 1.92 bits per heavy atom. The van der Waals surface area contributed by atoms with Gasteiger partial charge in [-0.25, -0.2) is 14.6 Å². The molecule has 0 bridgehead atoms. The summed E-state index contributed by atoms with van der Waals surface area (Å²) >= 11 is 3.41. The number of carbonyl (C=O) groups excluding carboxylic acids is 2. The number of nitrogens with two attached hydrogens (primary N) is 3.